The van der Waals surface area contributed by atoms with Gasteiger partial charge < -0.3 is 14.2 Å². The van der Waals surface area contributed by atoms with E-state index in [9.17, 15) is 14.4 Å². The molecular formula is C51H98O6. The van der Waals surface area contributed by atoms with Crippen LogP contribution in [0.1, 0.15) is 285 Å². The second-order valence-corrected chi connectivity index (χ2v) is 17.7. The van der Waals surface area contributed by atoms with Gasteiger partial charge in [0.05, 0.1) is 0 Å². The van der Waals surface area contributed by atoms with Crippen LogP contribution >= 0.6 is 0 Å². The highest BCUT2D eigenvalue weighted by atomic mass is 16.6. The number of unbranched alkanes of at least 4 members (excludes halogenated alkanes) is 32. The van der Waals surface area contributed by atoms with E-state index in [4.69, 9.17) is 14.2 Å². The third-order valence-electron chi connectivity index (χ3n) is 11.9. The van der Waals surface area contributed by atoms with E-state index in [-0.39, 0.29) is 31.1 Å². The largest absolute Gasteiger partial charge is 0.462 e. The summed E-state index contributed by atoms with van der Waals surface area (Å²) in [5.74, 6) is 0.0157. The van der Waals surface area contributed by atoms with E-state index < -0.39 is 6.10 Å². The number of rotatable bonds is 46. The molecule has 0 aliphatic heterocycles. The summed E-state index contributed by atoms with van der Waals surface area (Å²) in [4.78, 5) is 37.7. The highest BCUT2D eigenvalue weighted by Gasteiger charge is 2.19. The zero-order valence-electron chi connectivity index (χ0n) is 38.8. The van der Waals surface area contributed by atoms with E-state index in [0.29, 0.717) is 19.3 Å². The number of carbonyl (C=O) groups is 3. The Labute approximate surface area is 355 Å². The molecule has 338 valence electrons. The number of ether oxygens (including phenoxy) is 3. The summed E-state index contributed by atoms with van der Waals surface area (Å²) in [6.45, 7) is 9.01. The first kappa shape index (κ1) is 55.4. The van der Waals surface area contributed by atoms with Gasteiger partial charge in [0.2, 0.25) is 0 Å². The van der Waals surface area contributed by atoms with Crippen LogP contribution in [0.2, 0.25) is 0 Å². The molecule has 6 nitrogen and oxygen atoms in total. The monoisotopic (exact) mass is 807 g/mol. The van der Waals surface area contributed by atoms with Gasteiger partial charge in [-0.25, -0.2) is 0 Å². The van der Waals surface area contributed by atoms with Gasteiger partial charge in [0, 0.05) is 19.3 Å². The van der Waals surface area contributed by atoms with Crippen molar-refractivity contribution in [1.82, 2.24) is 0 Å². The molecule has 0 N–H and O–H groups in total. The fourth-order valence-electron chi connectivity index (χ4n) is 7.66. The highest BCUT2D eigenvalue weighted by Crippen LogP contribution is 2.17. The summed E-state index contributed by atoms with van der Waals surface area (Å²) in [6.07, 6.45) is 46.7. The van der Waals surface area contributed by atoms with Crippen LogP contribution in [0, 0.1) is 5.92 Å². The molecule has 0 fully saturated rings. The van der Waals surface area contributed by atoms with Gasteiger partial charge in [-0.1, -0.05) is 246 Å². The Morgan fingerprint density at radius 3 is 0.912 bits per heavy atom. The number of carbonyl (C=O) groups excluding carboxylic acids is 3. The van der Waals surface area contributed by atoms with Gasteiger partial charge in [0.1, 0.15) is 13.2 Å². The maximum Gasteiger partial charge on any atom is 0.306 e. The Hall–Kier alpha value is -1.59. The summed E-state index contributed by atoms with van der Waals surface area (Å²) >= 11 is 0. The number of hydrogen-bond acceptors (Lipinski definition) is 6. The van der Waals surface area contributed by atoms with E-state index in [1.807, 2.05) is 0 Å². The molecule has 6 heteroatoms. The second kappa shape index (κ2) is 45.5. The topological polar surface area (TPSA) is 78.9 Å². The van der Waals surface area contributed by atoms with Gasteiger partial charge in [-0.05, 0) is 25.2 Å². The second-order valence-electron chi connectivity index (χ2n) is 17.7. The molecule has 0 aromatic carbocycles. The Morgan fingerprint density at radius 1 is 0.351 bits per heavy atom. The first-order valence-electron chi connectivity index (χ1n) is 25.4. The molecule has 0 saturated carbocycles. The van der Waals surface area contributed by atoms with Gasteiger partial charge >= 0.3 is 17.9 Å². The quantitative estimate of drug-likeness (QED) is 0.0346. The molecule has 1 unspecified atom stereocenters. The molecular weight excluding hydrogens is 709 g/mol. The fraction of sp³-hybridized carbons (Fsp3) is 0.941. The van der Waals surface area contributed by atoms with Crippen LogP contribution in [-0.2, 0) is 28.6 Å². The Morgan fingerprint density at radius 2 is 0.614 bits per heavy atom. The Bertz CT molecular complexity index is 859. The minimum Gasteiger partial charge on any atom is -0.462 e. The van der Waals surface area contributed by atoms with E-state index in [1.54, 1.807) is 0 Å². The van der Waals surface area contributed by atoms with Crippen LogP contribution in [0.5, 0.6) is 0 Å². The predicted octanol–water partition coefficient (Wildman–Crippen LogP) is 16.3. The molecule has 0 aliphatic carbocycles. The lowest BCUT2D eigenvalue weighted by Crippen LogP contribution is -2.30. The highest BCUT2D eigenvalue weighted by molar-refractivity contribution is 5.71. The lowest BCUT2D eigenvalue weighted by Gasteiger charge is -2.18. The molecule has 0 heterocycles. The lowest BCUT2D eigenvalue weighted by atomic mass is 9.99. The number of esters is 3. The van der Waals surface area contributed by atoms with Crippen molar-refractivity contribution in [2.24, 2.45) is 5.92 Å². The van der Waals surface area contributed by atoms with Crippen LogP contribution in [0.3, 0.4) is 0 Å². The smallest absolute Gasteiger partial charge is 0.306 e. The average Bonchev–Trinajstić information content (AvgIpc) is 3.21. The number of hydrogen-bond donors (Lipinski definition) is 0. The summed E-state index contributed by atoms with van der Waals surface area (Å²) in [5, 5.41) is 0. The van der Waals surface area contributed by atoms with Gasteiger partial charge in [-0.15, -0.1) is 0 Å². The van der Waals surface area contributed by atoms with Crippen molar-refractivity contribution < 1.29 is 28.6 Å². The molecule has 0 radical (unpaired) electrons. The van der Waals surface area contributed by atoms with Gasteiger partial charge in [0.15, 0.2) is 6.10 Å². The van der Waals surface area contributed by atoms with Crippen LogP contribution in [0.25, 0.3) is 0 Å². The van der Waals surface area contributed by atoms with Gasteiger partial charge in [-0.2, -0.15) is 0 Å². The molecule has 0 aromatic heterocycles. The third kappa shape index (κ3) is 43.8. The van der Waals surface area contributed by atoms with E-state index in [0.717, 1.165) is 63.7 Å². The third-order valence-corrected chi connectivity index (χ3v) is 11.9. The predicted molar refractivity (Wildman–Crippen MR) is 243 cm³/mol. The average molecular weight is 807 g/mol. The van der Waals surface area contributed by atoms with Crippen LogP contribution in [-0.4, -0.2) is 37.2 Å². The maximum absolute atomic E-state index is 12.6. The zero-order valence-corrected chi connectivity index (χ0v) is 38.8. The molecule has 0 spiro atoms. The molecule has 2 atom stereocenters. The van der Waals surface area contributed by atoms with Gasteiger partial charge in [0.25, 0.3) is 0 Å². The molecule has 0 rings (SSSR count). The van der Waals surface area contributed by atoms with Gasteiger partial charge in [-0.3, -0.25) is 14.4 Å². The van der Waals surface area contributed by atoms with Crippen molar-refractivity contribution >= 4 is 17.9 Å². The first-order chi connectivity index (χ1) is 27.9. The molecule has 0 saturated heterocycles. The van der Waals surface area contributed by atoms with Crippen molar-refractivity contribution in [3.05, 3.63) is 0 Å². The summed E-state index contributed by atoms with van der Waals surface area (Å²) in [6, 6.07) is 0. The van der Waals surface area contributed by atoms with Crippen LogP contribution in [0.15, 0.2) is 0 Å². The van der Waals surface area contributed by atoms with Crippen LogP contribution < -0.4 is 0 Å². The van der Waals surface area contributed by atoms with E-state index >= 15 is 0 Å². The SMILES string of the molecule is CCCCCCCCCCCCCCCCCCCCC(=O)OC[C@H](COC(=O)CCCCCCCCCCCCC(C)CC)OC(=O)CCCCCCCCC. The Balaban J connectivity index is 4.16. The van der Waals surface area contributed by atoms with Crippen molar-refractivity contribution in [1.29, 1.82) is 0 Å². The molecule has 0 aromatic rings. The lowest BCUT2D eigenvalue weighted by molar-refractivity contribution is -0.167. The molecule has 57 heavy (non-hydrogen) atoms. The summed E-state index contributed by atoms with van der Waals surface area (Å²) in [7, 11) is 0. The van der Waals surface area contributed by atoms with Crippen molar-refractivity contribution in [2.75, 3.05) is 13.2 Å². The minimum absolute atomic E-state index is 0.0637. The maximum atomic E-state index is 12.6. The molecule has 0 amide bonds. The van der Waals surface area contributed by atoms with Crippen molar-refractivity contribution in [3.63, 3.8) is 0 Å². The standard InChI is InChI=1S/C51H98O6/c1-5-8-10-12-14-15-16-17-18-19-20-21-22-23-27-31-34-38-42-49(52)55-45-48(57-51(54)44-40-36-29-13-11-9-6-2)46-56-50(53)43-39-35-32-28-25-24-26-30-33-37-41-47(4)7-3/h47-48H,5-46H2,1-4H3/t47?,48-/m1/s1. The zero-order chi connectivity index (χ0) is 41.7. The summed E-state index contributed by atoms with van der Waals surface area (Å²) < 4.78 is 16.7. The van der Waals surface area contributed by atoms with Crippen LogP contribution in [0.4, 0.5) is 0 Å². The normalized spacial score (nSPS) is 12.4. The minimum atomic E-state index is -0.759. The van der Waals surface area contributed by atoms with Crippen molar-refractivity contribution in [3.8, 4) is 0 Å². The Kier molecular flexibility index (Phi) is 44.2. The van der Waals surface area contributed by atoms with Crippen molar-refractivity contribution in [2.45, 2.75) is 291 Å². The first-order valence-corrected chi connectivity index (χ1v) is 25.4. The van der Waals surface area contributed by atoms with E-state index in [2.05, 4.69) is 27.7 Å². The molecule has 0 bridgehead atoms. The van der Waals surface area contributed by atoms with E-state index in [1.165, 1.54) is 180 Å². The fourth-order valence-corrected chi connectivity index (χ4v) is 7.66. The summed E-state index contributed by atoms with van der Waals surface area (Å²) in [5.41, 5.74) is 0. The molecule has 0 aliphatic rings.